The van der Waals surface area contributed by atoms with Gasteiger partial charge in [-0.15, -0.1) is 0 Å². The number of nitrogens with zero attached hydrogens (tertiary/aromatic N) is 1. The highest BCUT2D eigenvalue weighted by molar-refractivity contribution is 6.38. The third kappa shape index (κ3) is 3.98. The van der Waals surface area contributed by atoms with Crippen molar-refractivity contribution in [1.29, 1.82) is 0 Å². The zero-order chi connectivity index (χ0) is 22.6. The third-order valence-corrected chi connectivity index (χ3v) is 6.89. The van der Waals surface area contributed by atoms with E-state index in [4.69, 9.17) is 19.4 Å². The first-order valence-corrected chi connectivity index (χ1v) is 10.3. The van der Waals surface area contributed by atoms with E-state index in [1.807, 2.05) is 0 Å². The van der Waals surface area contributed by atoms with Crippen molar-refractivity contribution in [1.82, 2.24) is 5.32 Å². The molecule has 5 atom stereocenters. The van der Waals surface area contributed by atoms with Crippen molar-refractivity contribution in [3.63, 3.8) is 0 Å². The molecule has 0 aromatic rings. The second-order valence-electron chi connectivity index (χ2n) is 10.7. The largest absolute Gasteiger partial charge is 0.464 e. The van der Waals surface area contributed by atoms with Crippen molar-refractivity contribution in [3.8, 4) is 0 Å². The Hall–Kier alpha value is -2.32. The number of carbonyl (C=O) groups is 3. The number of ether oxygens (including phenoxy) is 3. The van der Waals surface area contributed by atoms with E-state index < -0.39 is 23.7 Å². The van der Waals surface area contributed by atoms with Crippen LogP contribution in [-0.2, 0) is 23.8 Å². The van der Waals surface area contributed by atoms with Crippen LogP contribution in [0.1, 0.15) is 48.5 Å². The number of nitrogens with one attached hydrogen (secondary N) is 1. The summed E-state index contributed by atoms with van der Waals surface area (Å²) in [4.78, 5) is 34.5. The predicted molar refractivity (Wildman–Crippen MR) is 106 cm³/mol. The Morgan fingerprint density at radius 1 is 1.10 bits per heavy atom. The molecule has 2 saturated carbocycles. The number of cyclic esters (lactones) is 2. The van der Waals surface area contributed by atoms with Gasteiger partial charge in [-0.2, -0.15) is 0 Å². The maximum atomic E-state index is 11.7. The number of hydrogen-bond acceptors (Lipinski definition) is 8. The maximum absolute atomic E-state index is 11.7. The van der Waals surface area contributed by atoms with Crippen molar-refractivity contribution in [2.75, 3.05) is 13.2 Å². The van der Waals surface area contributed by atoms with E-state index in [1.54, 1.807) is 20.8 Å². The summed E-state index contributed by atoms with van der Waals surface area (Å²) in [5.41, 5.74) is -0.267. The first-order chi connectivity index (χ1) is 13.7. The van der Waals surface area contributed by atoms with Crippen molar-refractivity contribution in [2.45, 2.75) is 60.1 Å². The average Bonchev–Trinajstić information content (AvgIpc) is 3.38. The highest BCUT2D eigenvalue weighted by atomic mass is 16.6. The van der Waals surface area contributed by atoms with Gasteiger partial charge >= 0.3 is 18.0 Å². The van der Waals surface area contributed by atoms with Gasteiger partial charge in [0.05, 0.1) is 13.2 Å². The quantitative estimate of drug-likeness (QED) is 0.287. The Bertz CT molecular complexity index is 781. The molecule has 4 rings (SSSR count). The summed E-state index contributed by atoms with van der Waals surface area (Å²) < 4.78 is 15.1. The number of carbonyl (C=O) groups excluding carboxylic acids is 3. The van der Waals surface area contributed by atoms with Crippen molar-refractivity contribution < 1.29 is 33.8 Å². The lowest BCUT2D eigenvalue weighted by molar-refractivity contribution is -0.150. The van der Waals surface area contributed by atoms with E-state index in [-0.39, 0.29) is 34.3 Å². The lowest BCUT2D eigenvalue weighted by Gasteiger charge is -2.25. The molecule has 4 fully saturated rings. The smallest absolute Gasteiger partial charge is 0.408 e. The number of esters is 2. The Kier molecular flexibility index (Phi) is 5.31. The van der Waals surface area contributed by atoms with Crippen molar-refractivity contribution in [2.24, 2.45) is 39.7 Å². The summed E-state index contributed by atoms with van der Waals surface area (Å²) in [6.45, 7) is 14.6. The number of amides is 1. The van der Waals surface area contributed by atoms with Gasteiger partial charge in [-0.1, -0.05) is 32.9 Å². The zero-order valence-electron chi connectivity index (χ0n) is 18.6. The predicted octanol–water partition coefficient (Wildman–Crippen LogP) is 2.35. The van der Waals surface area contributed by atoms with E-state index >= 15 is 0 Å². The highest BCUT2D eigenvalue weighted by Gasteiger charge is 2.66. The van der Waals surface area contributed by atoms with Crippen LogP contribution in [0.3, 0.4) is 0 Å². The summed E-state index contributed by atoms with van der Waals surface area (Å²) in [5, 5.41) is 14.2. The van der Waals surface area contributed by atoms with Crippen LogP contribution in [0.15, 0.2) is 5.16 Å². The van der Waals surface area contributed by atoms with Crippen molar-refractivity contribution in [3.05, 3.63) is 0 Å². The Morgan fingerprint density at radius 3 is 2.23 bits per heavy atom. The van der Waals surface area contributed by atoms with Crippen LogP contribution in [0.5, 0.6) is 0 Å². The normalized spacial score (nSPS) is 36.1. The van der Waals surface area contributed by atoms with E-state index in [0.29, 0.717) is 25.0 Å². The Morgan fingerprint density at radius 2 is 1.70 bits per heavy atom. The molecule has 0 unspecified atom stereocenters. The summed E-state index contributed by atoms with van der Waals surface area (Å²) in [7, 11) is 0. The third-order valence-electron chi connectivity index (χ3n) is 6.89. The monoisotopic (exact) mass is 424 g/mol. The molecule has 168 valence electrons. The lowest BCUT2D eigenvalue weighted by Crippen LogP contribution is -2.48. The molecular formula is C21H32N2O7. The summed E-state index contributed by atoms with van der Waals surface area (Å²) in [6.07, 6.45) is -0.562. The van der Waals surface area contributed by atoms with Crippen molar-refractivity contribution >= 4 is 23.7 Å². The standard InChI is InChI=1S/C13H21NO4.C8H11NO3/c1-12(2,3)18-11(16)14-9-8-7(13(8,4)5)6-17-10(9)15;1-8(2)4-3-12-7(10)6(9-11)5(4)8/h7-9H,6H2,1-5H3,(H,14,16);4-5,11H,3H2,1-2H3/b;9-6-/t7-,8-,9-;4-,5-/m00/s1. The van der Waals surface area contributed by atoms with E-state index in [2.05, 4.69) is 38.2 Å². The van der Waals surface area contributed by atoms with Crippen LogP contribution in [0.4, 0.5) is 4.79 Å². The molecule has 2 heterocycles. The molecule has 0 aromatic heterocycles. The number of alkyl carbamates (subject to hydrolysis) is 1. The molecule has 30 heavy (non-hydrogen) atoms. The van der Waals surface area contributed by atoms with Gasteiger partial charge in [0.15, 0.2) is 5.71 Å². The van der Waals surface area contributed by atoms with E-state index in [1.165, 1.54) is 0 Å². The number of rotatable bonds is 1. The van der Waals surface area contributed by atoms with Gasteiger partial charge in [-0.05, 0) is 31.6 Å². The van der Waals surface area contributed by atoms with Gasteiger partial charge in [0.2, 0.25) is 0 Å². The molecule has 9 nitrogen and oxygen atoms in total. The van der Waals surface area contributed by atoms with Gasteiger partial charge in [0.1, 0.15) is 11.6 Å². The first kappa shape index (κ1) is 22.4. The zero-order valence-corrected chi connectivity index (χ0v) is 18.6. The summed E-state index contributed by atoms with van der Waals surface area (Å²) in [6, 6.07) is -0.575. The van der Waals surface area contributed by atoms with Gasteiger partial charge < -0.3 is 24.7 Å². The molecule has 9 heteroatoms. The SMILES string of the molecule is CC(C)(C)OC(=O)N[C@@H]1C(=O)OC[C@H]2[C@@H]1C2(C)C.CC1(C)[C@@H]2/C(=N/O)C(=O)OC[C@@H]21. The van der Waals surface area contributed by atoms with Crippen LogP contribution in [0.2, 0.25) is 0 Å². The minimum atomic E-state index is -0.575. The first-order valence-electron chi connectivity index (χ1n) is 10.3. The fourth-order valence-corrected chi connectivity index (χ4v) is 4.83. The van der Waals surface area contributed by atoms with Crippen LogP contribution < -0.4 is 5.32 Å². The Balaban J connectivity index is 0.000000184. The number of hydrogen-bond donors (Lipinski definition) is 2. The van der Waals surface area contributed by atoms with E-state index in [0.717, 1.165) is 0 Å². The minimum Gasteiger partial charge on any atom is -0.464 e. The van der Waals surface area contributed by atoms with Crippen LogP contribution in [0, 0.1) is 34.5 Å². The van der Waals surface area contributed by atoms with Crippen LogP contribution in [0.25, 0.3) is 0 Å². The molecule has 0 spiro atoms. The maximum Gasteiger partial charge on any atom is 0.408 e. The van der Waals surface area contributed by atoms with E-state index in [9.17, 15) is 14.4 Å². The lowest BCUT2D eigenvalue weighted by atomic mass is 10.0. The van der Waals surface area contributed by atoms with Gasteiger partial charge in [-0.25, -0.2) is 14.4 Å². The van der Waals surface area contributed by atoms with Gasteiger partial charge in [0, 0.05) is 23.7 Å². The molecule has 2 aliphatic carbocycles. The average molecular weight is 424 g/mol. The summed E-state index contributed by atoms with van der Waals surface area (Å²) >= 11 is 0. The molecule has 0 radical (unpaired) electrons. The fraction of sp³-hybridized carbons (Fsp3) is 0.810. The topological polar surface area (TPSA) is 124 Å². The molecule has 4 aliphatic rings. The Labute approximate surface area is 176 Å². The number of oxime groups is 1. The second kappa shape index (κ2) is 7.13. The molecule has 2 aliphatic heterocycles. The molecule has 2 N–H and O–H groups in total. The molecule has 2 saturated heterocycles. The minimum absolute atomic E-state index is 0.0475. The second-order valence-corrected chi connectivity index (χ2v) is 10.7. The fourth-order valence-electron chi connectivity index (χ4n) is 4.83. The summed E-state index contributed by atoms with van der Waals surface area (Å²) in [5.74, 6) is 0.128. The van der Waals surface area contributed by atoms with Crippen LogP contribution >= 0.6 is 0 Å². The van der Waals surface area contributed by atoms with Crippen LogP contribution in [-0.4, -0.2) is 53.8 Å². The van der Waals surface area contributed by atoms with Gasteiger partial charge in [-0.3, -0.25) is 0 Å². The molecule has 0 bridgehead atoms. The molecule has 0 aromatic carbocycles. The number of fused-ring (bicyclic) bond motifs is 2. The molecular weight excluding hydrogens is 392 g/mol. The van der Waals surface area contributed by atoms with Gasteiger partial charge in [0.25, 0.3) is 0 Å². The highest BCUT2D eigenvalue weighted by Crippen LogP contribution is 2.62. The molecule has 1 amide bonds.